The standard InChI is InChI=1S/C85H158NO8P/c1-6-8-10-12-14-16-18-20-22-24-26-28-30-32-34-36-38-39-40-41-42-43-44-45-46-48-49-51-53-55-57-59-61-63-65-67-69-71-73-75-77-84(87)91-81-83(82-93-95(89,90)92-80-79-86(3,4)5)94-85(88)78-76-74-72-70-68-66-64-62-60-58-56-54-52-50-47-37-35-33-31-29-27-25-23-21-19-17-15-13-11-9-7-2/h9,11,15,17,21,23,27,29,33,35,47,50,83H,6-8,10,12-14,16,18-20,22,24-26,28,30-32,34,36-46,48-49,51-82H2,1-5H3/p+1/b11-9-,17-15-,23-21-,29-27-,35-33-,50-47-. The zero-order valence-corrected chi connectivity index (χ0v) is 64.6. The average Bonchev–Trinajstić information content (AvgIpc) is 2.29. The van der Waals surface area contributed by atoms with Crippen molar-refractivity contribution in [3.63, 3.8) is 0 Å². The van der Waals surface area contributed by atoms with E-state index in [1.807, 2.05) is 21.1 Å². The monoisotopic (exact) mass is 1350 g/mol. The number of unbranched alkanes of at least 4 members (excludes halogenated alkanes) is 51. The number of esters is 2. The second-order valence-electron chi connectivity index (χ2n) is 29.1. The van der Waals surface area contributed by atoms with Crippen LogP contribution in [0.4, 0.5) is 0 Å². The van der Waals surface area contributed by atoms with Crippen molar-refractivity contribution in [2.24, 2.45) is 0 Å². The molecule has 0 rings (SSSR count). The molecule has 1 N–H and O–H groups in total. The molecule has 556 valence electrons. The molecule has 0 heterocycles. The van der Waals surface area contributed by atoms with Crippen molar-refractivity contribution in [3.8, 4) is 0 Å². The van der Waals surface area contributed by atoms with Crippen molar-refractivity contribution in [2.75, 3.05) is 47.5 Å². The Morgan fingerprint density at radius 2 is 0.600 bits per heavy atom. The molecule has 0 bridgehead atoms. The van der Waals surface area contributed by atoms with E-state index in [1.54, 1.807) is 0 Å². The lowest BCUT2D eigenvalue weighted by Gasteiger charge is -2.24. The van der Waals surface area contributed by atoms with Crippen molar-refractivity contribution in [2.45, 2.75) is 412 Å². The molecule has 0 aliphatic carbocycles. The van der Waals surface area contributed by atoms with E-state index in [-0.39, 0.29) is 25.6 Å². The molecule has 0 aromatic heterocycles. The van der Waals surface area contributed by atoms with E-state index in [2.05, 4.69) is 86.8 Å². The summed E-state index contributed by atoms with van der Waals surface area (Å²) < 4.78 is 34.8. The molecule has 2 unspecified atom stereocenters. The van der Waals surface area contributed by atoms with Gasteiger partial charge in [0.05, 0.1) is 27.7 Å². The van der Waals surface area contributed by atoms with Gasteiger partial charge in [-0.2, -0.15) is 0 Å². The summed E-state index contributed by atoms with van der Waals surface area (Å²) in [7, 11) is 1.49. The molecule has 9 nitrogen and oxygen atoms in total. The molecule has 0 fully saturated rings. The predicted octanol–water partition coefficient (Wildman–Crippen LogP) is 27.5. The first-order valence-corrected chi connectivity index (χ1v) is 42.7. The average molecular weight is 1350 g/mol. The van der Waals surface area contributed by atoms with Gasteiger partial charge in [-0.1, -0.05) is 401 Å². The molecule has 95 heavy (non-hydrogen) atoms. The zero-order valence-electron chi connectivity index (χ0n) is 63.7. The van der Waals surface area contributed by atoms with Gasteiger partial charge in [0.1, 0.15) is 19.8 Å². The van der Waals surface area contributed by atoms with Crippen LogP contribution in [0.25, 0.3) is 0 Å². The molecule has 10 heteroatoms. The minimum absolute atomic E-state index is 0.0311. The molecule has 0 saturated heterocycles. The van der Waals surface area contributed by atoms with Crippen LogP contribution in [0.15, 0.2) is 72.9 Å². The summed E-state index contributed by atoms with van der Waals surface area (Å²) in [5, 5.41) is 0. The molecular formula is C85H159NO8P+. The minimum Gasteiger partial charge on any atom is -0.462 e. The van der Waals surface area contributed by atoms with Crippen LogP contribution in [0.2, 0.25) is 0 Å². The first kappa shape index (κ1) is 92.4. The van der Waals surface area contributed by atoms with Crippen LogP contribution < -0.4 is 0 Å². The van der Waals surface area contributed by atoms with Gasteiger partial charge in [0.2, 0.25) is 0 Å². The SMILES string of the molecule is CC/C=C\C/C=C\C/C=C\C/C=C\C/C=C\C/C=C\CCCCCCCCCCCCCCC(=O)OC(COC(=O)CCCCCCCCCCCCCCCCCCCCCCCCCCCCCCCCCCCCCCCCCC)COP(=O)(O)OCC[N+](C)(C)C. The van der Waals surface area contributed by atoms with Gasteiger partial charge >= 0.3 is 19.8 Å². The number of likely N-dealkylation sites (N-methyl/N-ethyl adjacent to an activating group) is 1. The molecule has 0 radical (unpaired) electrons. The Hall–Kier alpha value is -2.55. The molecule has 2 atom stereocenters. The van der Waals surface area contributed by atoms with Gasteiger partial charge in [-0.05, 0) is 64.2 Å². The Bertz CT molecular complexity index is 1830. The van der Waals surface area contributed by atoms with Gasteiger partial charge in [0.25, 0.3) is 0 Å². The first-order chi connectivity index (χ1) is 46.5. The topological polar surface area (TPSA) is 108 Å². The summed E-state index contributed by atoms with van der Waals surface area (Å²) in [6.45, 7) is 4.38. The van der Waals surface area contributed by atoms with E-state index in [9.17, 15) is 19.0 Å². The highest BCUT2D eigenvalue weighted by atomic mass is 31.2. The highest BCUT2D eigenvalue weighted by Gasteiger charge is 2.27. The van der Waals surface area contributed by atoms with E-state index < -0.39 is 26.5 Å². The molecule has 0 amide bonds. The van der Waals surface area contributed by atoms with Crippen LogP contribution in [-0.4, -0.2) is 74.9 Å². The van der Waals surface area contributed by atoms with Gasteiger partial charge in [-0.25, -0.2) is 4.57 Å². The van der Waals surface area contributed by atoms with Crippen LogP contribution in [-0.2, 0) is 32.7 Å². The molecule has 0 aromatic carbocycles. The number of ether oxygens (including phenoxy) is 2. The van der Waals surface area contributed by atoms with Crippen molar-refractivity contribution >= 4 is 19.8 Å². The van der Waals surface area contributed by atoms with Gasteiger partial charge in [0.15, 0.2) is 6.10 Å². The van der Waals surface area contributed by atoms with Gasteiger partial charge in [-0.15, -0.1) is 0 Å². The summed E-state index contributed by atoms with van der Waals surface area (Å²) in [6, 6.07) is 0. The van der Waals surface area contributed by atoms with E-state index >= 15 is 0 Å². The number of nitrogens with zero attached hydrogens (tertiary/aromatic N) is 1. The van der Waals surface area contributed by atoms with Crippen LogP contribution >= 0.6 is 7.82 Å². The van der Waals surface area contributed by atoms with Crippen LogP contribution in [0.5, 0.6) is 0 Å². The van der Waals surface area contributed by atoms with Crippen LogP contribution in [0, 0.1) is 0 Å². The van der Waals surface area contributed by atoms with Crippen molar-refractivity contribution < 1.29 is 42.1 Å². The Labute approximate surface area is 590 Å². The molecule has 0 saturated carbocycles. The highest BCUT2D eigenvalue weighted by Crippen LogP contribution is 2.43. The molecule has 0 aromatic rings. The maximum absolute atomic E-state index is 12.9. The summed E-state index contributed by atoms with van der Waals surface area (Å²) in [5.41, 5.74) is 0. The van der Waals surface area contributed by atoms with Crippen LogP contribution in [0.1, 0.15) is 406 Å². The summed E-state index contributed by atoms with van der Waals surface area (Å²) in [5.74, 6) is -0.783. The Morgan fingerprint density at radius 1 is 0.337 bits per heavy atom. The lowest BCUT2D eigenvalue weighted by Crippen LogP contribution is -2.37. The zero-order chi connectivity index (χ0) is 69.0. The van der Waals surface area contributed by atoms with Gasteiger partial charge in [-0.3, -0.25) is 18.6 Å². The predicted molar refractivity (Wildman–Crippen MR) is 413 cm³/mol. The van der Waals surface area contributed by atoms with E-state index in [4.69, 9.17) is 18.5 Å². The van der Waals surface area contributed by atoms with Gasteiger partial charge < -0.3 is 18.9 Å². The third-order valence-electron chi connectivity index (χ3n) is 18.5. The fourth-order valence-corrected chi connectivity index (χ4v) is 13.0. The van der Waals surface area contributed by atoms with E-state index in [1.165, 1.54) is 295 Å². The Morgan fingerprint density at radius 3 is 0.895 bits per heavy atom. The number of allylic oxidation sites excluding steroid dienone is 12. The van der Waals surface area contributed by atoms with E-state index in [0.29, 0.717) is 23.9 Å². The number of rotatable bonds is 77. The van der Waals surface area contributed by atoms with Crippen LogP contribution in [0.3, 0.4) is 0 Å². The van der Waals surface area contributed by atoms with E-state index in [0.717, 1.165) is 77.0 Å². The maximum Gasteiger partial charge on any atom is 0.472 e. The maximum atomic E-state index is 12.9. The lowest BCUT2D eigenvalue weighted by molar-refractivity contribution is -0.870. The van der Waals surface area contributed by atoms with Crippen molar-refractivity contribution in [3.05, 3.63) is 72.9 Å². The third-order valence-corrected chi connectivity index (χ3v) is 19.5. The van der Waals surface area contributed by atoms with Crippen molar-refractivity contribution in [1.82, 2.24) is 0 Å². The number of hydrogen-bond acceptors (Lipinski definition) is 7. The molecule has 0 aliphatic rings. The Kier molecular flexibility index (Phi) is 73.6. The number of quaternary nitrogens is 1. The fourth-order valence-electron chi connectivity index (χ4n) is 12.3. The molecule has 0 aliphatic heterocycles. The number of phosphoric acid groups is 1. The highest BCUT2D eigenvalue weighted by molar-refractivity contribution is 7.47. The second kappa shape index (κ2) is 75.6. The number of hydrogen-bond donors (Lipinski definition) is 1. The molecular weight excluding hydrogens is 1190 g/mol. The van der Waals surface area contributed by atoms with Gasteiger partial charge in [0, 0.05) is 12.8 Å². The largest absolute Gasteiger partial charge is 0.472 e. The second-order valence-corrected chi connectivity index (χ2v) is 30.6. The third kappa shape index (κ3) is 80.3. The number of carbonyl (C=O) groups excluding carboxylic acids is 2. The first-order valence-electron chi connectivity index (χ1n) is 41.2. The summed E-state index contributed by atoms with van der Waals surface area (Å²) in [6.07, 6.45) is 104. The normalized spacial score (nSPS) is 13.4. The van der Waals surface area contributed by atoms with Crippen molar-refractivity contribution in [1.29, 1.82) is 0 Å². The smallest absolute Gasteiger partial charge is 0.462 e. The Balaban J connectivity index is 3.90. The number of carbonyl (C=O) groups is 2. The minimum atomic E-state index is -4.40. The molecule has 0 spiro atoms. The number of phosphoric ester groups is 1. The summed E-state index contributed by atoms with van der Waals surface area (Å²) >= 11 is 0. The quantitative estimate of drug-likeness (QED) is 0.0211. The fraction of sp³-hybridized carbons (Fsp3) is 0.835. The summed E-state index contributed by atoms with van der Waals surface area (Å²) in [4.78, 5) is 36.0. The lowest BCUT2D eigenvalue weighted by atomic mass is 10.0.